The highest BCUT2D eigenvalue weighted by atomic mass is 32.2. The van der Waals surface area contributed by atoms with Gasteiger partial charge in [0, 0.05) is 62.4 Å². The molecule has 4 heterocycles. The normalized spacial score (nSPS) is 18.3. The number of hydrogen-bond donors (Lipinski definition) is 2. The summed E-state index contributed by atoms with van der Waals surface area (Å²) in [7, 11) is 0. The molecule has 0 bridgehead atoms. The van der Waals surface area contributed by atoms with Crippen molar-refractivity contribution in [1.29, 1.82) is 0 Å². The lowest BCUT2D eigenvalue weighted by atomic mass is 10.1. The summed E-state index contributed by atoms with van der Waals surface area (Å²) < 4.78 is 1.97. The average molecular weight is 383 g/mol. The Bertz CT molecular complexity index is 891. The van der Waals surface area contributed by atoms with E-state index in [9.17, 15) is 0 Å². The second kappa shape index (κ2) is 8.29. The molecule has 0 saturated carbocycles. The van der Waals surface area contributed by atoms with Crippen molar-refractivity contribution in [3.63, 3.8) is 0 Å². The second-order valence-electron chi connectivity index (χ2n) is 6.70. The molecule has 1 saturated heterocycles. The number of piperazine rings is 1. The van der Waals surface area contributed by atoms with Crippen LogP contribution in [0.4, 0.5) is 5.82 Å². The summed E-state index contributed by atoms with van der Waals surface area (Å²) in [5.41, 5.74) is 3.39. The third-order valence-electron chi connectivity index (χ3n) is 4.82. The third kappa shape index (κ3) is 3.81. The van der Waals surface area contributed by atoms with E-state index in [0.717, 1.165) is 67.0 Å². The van der Waals surface area contributed by atoms with Gasteiger partial charge in [-0.1, -0.05) is 36.6 Å². The van der Waals surface area contributed by atoms with Crippen LogP contribution in [-0.2, 0) is 13.0 Å². The maximum atomic E-state index is 5.02. The highest BCUT2D eigenvalue weighted by Gasteiger charge is 2.24. The first-order valence-electron chi connectivity index (χ1n) is 9.51. The minimum Gasteiger partial charge on any atom is -0.352 e. The van der Waals surface area contributed by atoms with Crippen molar-refractivity contribution in [3.05, 3.63) is 53.2 Å². The van der Waals surface area contributed by atoms with Crippen molar-refractivity contribution < 1.29 is 0 Å². The molecule has 2 aromatic rings. The molecule has 2 N–H and O–H groups in total. The molecule has 0 amide bonds. The summed E-state index contributed by atoms with van der Waals surface area (Å²) >= 11 is 1.72. The fraction of sp³-hybridized carbons (Fsp3) is 0.400. The van der Waals surface area contributed by atoms with Crippen molar-refractivity contribution in [2.24, 2.45) is 0 Å². The molecular weight excluding hydrogens is 356 g/mol. The Kier molecular flexibility index (Phi) is 5.61. The fourth-order valence-corrected chi connectivity index (χ4v) is 4.60. The van der Waals surface area contributed by atoms with E-state index in [1.54, 1.807) is 11.8 Å². The average Bonchev–Trinajstić information content (AvgIpc) is 3.04. The zero-order valence-corrected chi connectivity index (χ0v) is 16.6. The van der Waals surface area contributed by atoms with Crippen molar-refractivity contribution in [2.45, 2.75) is 24.8 Å². The van der Waals surface area contributed by atoms with Crippen molar-refractivity contribution in [1.82, 2.24) is 25.2 Å². The topological polar surface area (TPSA) is 57.5 Å². The van der Waals surface area contributed by atoms with Gasteiger partial charge < -0.3 is 15.5 Å². The van der Waals surface area contributed by atoms with Crippen LogP contribution in [0.5, 0.6) is 0 Å². The molecule has 0 atom stereocenters. The molecule has 2 aromatic heterocycles. The monoisotopic (exact) mass is 382 g/mol. The van der Waals surface area contributed by atoms with Crippen molar-refractivity contribution in [3.8, 4) is 0 Å². The molecule has 0 aliphatic carbocycles. The molecule has 7 heteroatoms. The van der Waals surface area contributed by atoms with Gasteiger partial charge in [0.2, 0.25) is 0 Å². The number of aromatic nitrogens is 3. The van der Waals surface area contributed by atoms with E-state index in [1.807, 2.05) is 23.6 Å². The first-order chi connectivity index (χ1) is 13.3. The number of hydrogen-bond acceptors (Lipinski definition) is 6. The number of rotatable bonds is 5. The van der Waals surface area contributed by atoms with Crippen LogP contribution in [0.25, 0.3) is 5.65 Å². The summed E-state index contributed by atoms with van der Waals surface area (Å²) in [6, 6.07) is 0. The van der Waals surface area contributed by atoms with Gasteiger partial charge in [-0.25, -0.2) is 9.50 Å². The minimum absolute atomic E-state index is 0.865. The van der Waals surface area contributed by atoms with Crippen LogP contribution < -0.4 is 15.5 Å². The SMILES string of the molecule is C=C/C=C(\C=C/C)Sc1c(N2CCNCC2)nn2cc3c(nc12)CCNC3. The van der Waals surface area contributed by atoms with Gasteiger partial charge in [-0.3, -0.25) is 0 Å². The Morgan fingerprint density at radius 2 is 2.11 bits per heavy atom. The number of anilines is 1. The van der Waals surface area contributed by atoms with E-state index in [-0.39, 0.29) is 0 Å². The second-order valence-corrected chi connectivity index (χ2v) is 7.79. The van der Waals surface area contributed by atoms with Crippen LogP contribution >= 0.6 is 11.8 Å². The molecule has 2 aliphatic rings. The lowest BCUT2D eigenvalue weighted by Crippen LogP contribution is -2.43. The van der Waals surface area contributed by atoms with Gasteiger partial charge in [-0.15, -0.1) is 5.10 Å². The third-order valence-corrected chi connectivity index (χ3v) is 5.90. The predicted octanol–water partition coefficient (Wildman–Crippen LogP) is 2.52. The maximum Gasteiger partial charge on any atom is 0.171 e. The first kappa shape index (κ1) is 18.3. The van der Waals surface area contributed by atoms with Gasteiger partial charge >= 0.3 is 0 Å². The molecule has 2 aliphatic heterocycles. The lowest BCUT2D eigenvalue weighted by Gasteiger charge is -2.28. The quantitative estimate of drug-likeness (QED) is 0.612. The summed E-state index contributed by atoms with van der Waals surface area (Å²) in [5, 5.41) is 11.8. The molecule has 0 aromatic carbocycles. The van der Waals surface area contributed by atoms with Crippen LogP contribution in [0.15, 0.2) is 46.9 Å². The molecule has 0 radical (unpaired) electrons. The molecule has 0 unspecified atom stereocenters. The number of allylic oxidation sites excluding steroid dienone is 4. The van der Waals surface area contributed by atoms with Crippen molar-refractivity contribution >= 4 is 23.2 Å². The Morgan fingerprint density at radius 1 is 1.26 bits per heavy atom. The van der Waals surface area contributed by atoms with Gasteiger partial charge in [-0.2, -0.15) is 0 Å². The predicted molar refractivity (Wildman–Crippen MR) is 112 cm³/mol. The van der Waals surface area contributed by atoms with Crippen LogP contribution in [0.1, 0.15) is 18.2 Å². The van der Waals surface area contributed by atoms with Gasteiger partial charge in [-0.05, 0) is 13.0 Å². The van der Waals surface area contributed by atoms with E-state index in [2.05, 4.69) is 40.5 Å². The van der Waals surface area contributed by atoms with E-state index >= 15 is 0 Å². The Morgan fingerprint density at radius 3 is 2.89 bits per heavy atom. The Hall–Kier alpha value is -2.09. The van der Waals surface area contributed by atoms with E-state index < -0.39 is 0 Å². The van der Waals surface area contributed by atoms with Gasteiger partial charge in [0.05, 0.1) is 5.69 Å². The molecule has 27 heavy (non-hydrogen) atoms. The van der Waals surface area contributed by atoms with Gasteiger partial charge in [0.15, 0.2) is 11.5 Å². The van der Waals surface area contributed by atoms with E-state index in [4.69, 9.17) is 10.1 Å². The van der Waals surface area contributed by atoms with Crippen LogP contribution in [0.2, 0.25) is 0 Å². The summed E-state index contributed by atoms with van der Waals surface area (Å²) in [5.74, 6) is 1.03. The highest BCUT2D eigenvalue weighted by Crippen LogP contribution is 2.38. The summed E-state index contributed by atoms with van der Waals surface area (Å²) in [4.78, 5) is 9.66. The fourth-order valence-electron chi connectivity index (χ4n) is 3.50. The molecule has 0 spiro atoms. The number of nitrogens with zero attached hydrogens (tertiary/aromatic N) is 4. The summed E-state index contributed by atoms with van der Waals surface area (Å²) in [6.07, 6.45) is 11.1. The number of nitrogens with one attached hydrogen (secondary N) is 2. The zero-order chi connectivity index (χ0) is 18.6. The number of fused-ring (bicyclic) bond motifs is 2. The Balaban J connectivity index is 1.83. The molecule has 6 nitrogen and oxygen atoms in total. The Labute approximate surface area is 164 Å². The maximum absolute atomic E-state index is 5.02. The molecule has 4 rings (SSSR count). The van der Waals surface area contributed by atoms with Crippen LogP contribution in [0.3, 0.4) is 0 Å². The molecule has 1 fully saturated rings. The smallest absolute Gasteiger partial charge is 0.171 e. The summed E-state index contributed by atoms with van der Waals surface area (Å²) in [6.45, 7) is 11.6. The van der Waals surface area contributed by atoms with Crippen LogP contribution in [-0.4, -0.2) is 47.3 Å². The largest absolute Gasteiger partial charge is 0.352 e. The van der Waals surface area contributed by atoms with E-state index in [0.29, 0.717) is 0 Å². The van der Waals surface area contributed by atoms with Gasteiger partial charge in [0.1, 0.15) is 4.90 Å². The van der Waals surface area contributed by atoms with Crippen molar-refractivity contribution in [2.75, 3.05) is 37.6 Å². The van der Waals surface area contributed by atoms with Gasteiger partial charge in [0.25, 0.3) is 0 Å². The first-order valence-corrected chi connectivity index (χ1v) is 10.3. The van der Waals surface area contributed by atoms with E-state index in [1.165, 1.54) is 11.3 Å². The minimum atomic E-state index is 0.865. The van der Waals surface area contributed by atoms with Crippen LogP contribution in [0, 0.1) is 0 Å². The highest BCUT2D eigenvalue weighted by molar-refractivity contribution is 8.03. The zero-order valence-electron chi connectivity index (χ0n) is 15.7. The standard InChI is InChI=1S/C20H26N6S/c1-3-5-16(6-4-2)27-18-19-23-17-7-8-22-13-15(17)14-26(19)24-20(18)25-11-9-21-10-12-25/h3-6,14,21-22H,1,7-13H2,2H3/b6-4-,16-5+. The number of thioether (sulfide) groups is 1. The molecule has 142 valence electrons. The lowest BCUT2D eigenvalue weighted by molar-refractivity contribution is 0.581. The molecular formula is C20H26N6S.